The third-order valence-electron chi connectivity index (χ3n) is 4.28. The number of ether oxygens (including phenoxy) is 2. The van der Waals surface area contributed by atoms with Crippen LogP contribution in [0, 0.1) is 0 Å². The smallest absolute Gasteiger partial charge is 0.255 e. The van der Waals surface area contributed by atoms with Crippen LogP contribution in [-0.2, 0) is 0 Å². The lowest BCUT2D eigenvalue weighted by atomic mass is 10.2. The summed E-state index contributed by atoms with van der Waals surface area (Å²) >= 11 is 1.54. The SMILES string of the molecule is CNC(=O)c1cccc(Sc2ccc(NC(=O)c3cc(OC)cc(OC)c3)cc2)c1. The first kappa shape index (κ1) is 21.3. The zero-order chi connectivity index (χ0) is 21.5. The number of methoxy groups -OCH3 is 2. The third kappa shape index (κ3) is 5.33. The molecule has 0 heterocycles. The molecule has 0 aromatic heterocycles. The van der Waals surface area contributed by atoms with Crippen molar-refractivity contribution in [2.75, 3.05) is 26.6 Å². The molecule has 2 amide bonds. The summed E-state index contributed by atoms with van der Waals surface area (Å²) < 4.78 is 10.4. The van der Waals surface area contributed by atoms with E-state index in [4.69, 9.17) is 9.47 Å². The molecule has 0 saturated heterocycles. The van der Waals surface area contributed by atoms with E-state index < -0.39 is 0 Å². The quantitative estimate of drug-likeness (QED) is 0.588. The third-order valence-corrected chi connectivity index (χ3v) is 5.28. The van der Waals surface area contributed by atoms with Crippen molar-refractivity contribution in [1.82, 2.24) is 5.32 Å². The van der Waals surface area contributed by atoms with Crippen LogP contribution >= 0.6 is 11.8 Å². The van der Waals surface area contributed by atoms with Crippen LogP contribution in [0.25, 0.3) is 0 Å². The number of hydrogen-bond donors (Lipinski definition) is 2. The Morgan fingerprint density at radius 1 is 0.767 bits per heavy atom. The van der Waals surface area contributed by atoms with Crippen LogP contribution in [-0.4, -0.2) is 33.1 Å². The second-order valence-electron chi connectivity index (χ2n) is 6.29. The molecule has 0 spiro atoms. The Hall–Kier alpha value is -3.45. The fourth-order valence-corrected chi connectivity index (χ4v) is 3.61. The maximum atomic E-state index is 12.6. The molecular formula is C23H22N2O4S. The molecule has 0 bridgehead atoms. The number of anilines is 1. The average Bonchev–Trinajstić information content (AvgIpc) is 2.79. The lowest BCUT2D eigenvalue weighted by Crippen LogP contribution is -2.17. The molecule has 0 radical (unpaired) electrons. The number of hydrogen-bond acceptors (Lipinski definition) is 5. The maximum absolute atomic E-state index is 12.6. The molecule has 6 nitrogen and oxygen atoms in total. The second-order valence-corrected chi connectivity index (χ2v) is 7.44. The number of carbonyl (C=O) groups excluding carboxylic acids is 2. The van der Waals surface area contributed by atoms with Crippen molar-refractivity contribution >= 4 is 29.3 Å². The van der Waals surface area contributed by atoms with E-state index in [0.717, 1.165) is 9.79 Å². The van der Waals surface area contributed by atoms with Crippen LogP contribution < -0.4 is 20.1 Å². The first-order valence-corrected chi connectivity index (χ1v) is 9.98. The van der Waals surface area contributed by atoms with E-state index in [0.29, 0.717) is 28.3 Å². The second kappa shape index (κ2) is 9.84. The minimum absolute atomic E-state index is 0.121. The van der Waals surface area contributed by atoms with Gasteiger partial charge in [0, 0.05) is 39.7 Å². The van der Waals surface area contributed by atoms with E-state index in [1.54, 1.807) is 31.3 Å². The molecule has 0 atom stereocenters. The Morgan fingerprint density at radius 2 is 1.43 bits per heavy atom. The minimum Gasteiger partial charge on any atom is -0.497 e. The molecular weight excluding hydrogens is 400 g/mol. The number of benzene rings is 3. The molecule has 7 heteroatoms. The van der Waals surface area contributed by atoms with Crippen molar-refractivity contribution in [2.24, 2.45) is 0 Å². The molecule has 0 aliphatic heterocycles. The Bertz CT molecular complexity index is 1030. The molecule has 0 aliphatic rings. The predicted molar refractivity (Wildman–Crippen MR) is 118 cm³/mol. The van der Waals surface area contributed by atoms with Gasteiger partial charge in [-0.2, -0.15) is 0 Å². The van der Waals surface area contributed by atoms with Crippen molar-refractivity contribution in [3.8, 4) is 11.5 Å². The molecule has 0 unspecified atom stereocenters. The molecule has 3 aromatic carbocycles. The molecule has 154 valence electrons. The molecule has 3 aromatic rings. The Labute approximate surface area is 179 Å². The molecule has 30 heavy (non-hydrogen) atoms. The van der Waals surface area contributed by atoms with Gasteiger partial charge in [0.15, 0.2) is 0 Å². The number of rotatable bonds is 7. The molecule has 3 rings (SSSR count). The first-order valence-electron chi connectivity index (χ1n) is 9.17. The minimum atomic E-state index is -0.258. The Morgan fingerprint density at radius 3 is 2.03 bits per heavy atom. The van der Waals surface area contributed by atoms with Gasteiger partial charge in [-0.15, -0.1) is 0 Å². The van der Waals surface area contributed by atoms with E-state index in [1.807, 2.05) is 42.5 Å². The van der Waals surface area contributed by atoms with Gasteiger partial charge in [0.1, 0.15) is 11.5 Å². The van der Waals surface area contributed by atoms with Gasteiger partial charge in [-0.25, -0.2) is 0 Å². The summed E-state index contributed by atoms with van der Waals surface area (Å²) in [6, 6.07) is 19.9. The van der Waals surface area contributed by atoms with Gasteiger partial charge in [-0.3, -0.25) is 9.59 Å². The molecule has 0 fully saturated rings. The monoisotopic (exact) mass is 422 g/mol. The zero-order valence-corrected chi connectivity index (χ0v) is 17.7. The van der Waals surface area contributed by atoms with E-state index in [9.17, 15) is 9.59 Å². The normalized spacial score (nSPS) is 10.2. The summed E-state index contributed by atoms with van der Waals surface area (Å²) in [4.78, 5) is 26.3. The van der Waals surface area contributed by atoms with Gasteiger partial charge in [0.2, 0.25) is 0 Å². The summed E-state index contributed by atoms with van der Waals surface area (Å²) in [7, 11) is 4.69. The highest BCUT2D eigenvalue weighted by Crippen LogP contribution is 2.29. The van der Waals surface area contributed by atoms with Gasteiger partial charge < -0.3 is 20.1 Å². The maximum Gasteiger partial charge on any atom is 0.255 e. The van der Waals surface area contributed by atoms with Gasteiger partial charge in [-0.05, 0) is 54.6 Å². The largest absolute Gasteiger partial charge is 0.497 e. The zero-order valence-electron chi connectivity index (χ0n) is 16.9. The molecule has 0 aliphatic carbocycles. The van der Waals surface area contributed by atoms with Crippen LogP contribution in [0.1, 0.15) is 20.7 Å². The molecule has 0 saturated carbocycles. The fraction of sp³-hybridized carbons (Fsp3) is 0.130. The number of amides is 2. The summed E-state index contributed by atoms with van der Waals surface area (Å²) in [5.41, 5.74) is 1.72. The van der Waals surface area contributed by atoms with Crippen LogP contribution in [0.15, 0.2) is 76.5 Å². The standard InChI is InChI=1S/C23H22N2O4S/c1-24-22(26)15-5-4-6-21(13-15)30-20-9-7-17(8-10-20)25-23(27)16-11-18(28-2)14-19(12-16)29-3/h4-14H,1-3H3,(H,24,26)(H,25,27). The highest BCUT2D eigenvalue weighted by molar-refractivity contribution is 7.99. The van der Waals surface area contributed by atoms with Crippen molar-refractivity contribution in [2.45, 2.75) is 9.79 Å². The Kier molecular flexibility index (Phi) is 6.98. The van der Waals surface area contributed by atoms with E-state index in [2.05, 4.69) is 10.6 Å². The van der Waals surface area contributed by atoms with Crippen LogP contribution in [0.5, 0.6) is 11.5 Å². The summed E-state index contributed by atoms with van der Waals surface area (Å²) in [6.45, 7) is 0. The number of carbonyl (C=O) groups is 2. The van der Waals surface area contributed by atoms with Gasteiger partial charge >= 0.3 is 0 Å². The van der Waals surface area contributed by atoms with Crippen molar-refractivity contribution < 1.29 is 19.1 Å². The summed E-state index contributed by atoms with van der Waals surface area (Å²) in [5, 5.41) is 5.49. The van der Waals surface area contributed by atoms with Crippen LogP contribution in [0.2, 0.25) is 0 Å². The van der Waals surface area contributed by atoms with Crippen molar-refractivity contribution in [1.29, 1.82) is 0 Å². The van der Waals surface area contributed by atoms with Gasteiger partial charge in [0.05, 0.1) is 14.2 Å². The van der Waals surface area contributed by atoms with Crippen molar-refractivity contribution in [3.05, 3.63) is 77.9 Å². The van der Waals surface area contributed by atoms with Crippen molar-refractivity contribution in [3.63, 3.8) is 0 Å². The topological polar surface area (TPSA) is 76.7 Å². The van der Waals surface area contributed by atoms with Crippen LogP contribution in [0.3, 0.4) is 0 Å². The van der Waals surface area contributed by atoms with Gasteiger partial charge in [0.25, 0.3) is 11.8 Å². The lowest BCUT2D eigenvalue weighted by molar-refractivity contribution is 0.0962. The summed E-state index contributed by atoms with van der Waals surface area (Å²) in [5.74, 6) is 0.714. The highest BCUT2D eigenvalue weighted by atomic mass is 32.2. The van der Waals surface area contributed by atoms with E-state index in [1.165, 1.54) is 26.0 Å². The highest BCUT2D eigenvalue weighted by Gasteiger charge is 2.11. The van der Waals surface area contributed by atoms with Gasteiger partial charge in [-0.1, -0.05) is 17.8 Å². The molecule has 2 N–H and O–H groups in total. The first-order chi connectivity index (χ1) is 14.5. The summed E-state index contributed by atoms with van der Waals surface area (Å²) in [6.07, 6.45) is 0. The predicted octanol–water partition coefficient (Wildman–Crippen LogP) is 4.47. The van der Waals surface area contributed by atoms with Crippen LogP contribution in [0.4, 0.5) is 5.69 Å². The lowest BCUT2D eigenvalue weighted by Gasteiger charge is -2.10. The number of nitrogens with one attached hydrogen (secondary N) is 2. The van der Waals surface area contributed by atoms with E-state index in [-0.39, 0.29) is 11.8 Å². The Balaban J connectivity index is 1.69. The fourth-order valence-electron chi connectivity index (χ4n) is 2.73. The van der Waals surface area contributed by atoms with E-state index >= 15 is 0 Å². The average molecular weight is 423 g/mol.